The number of imidazole rings is 1. The van der Waals surface area contributed by atoms with Gasteiger partial charge in [-0.15, -0.1) is 0 Å². The first-order valence-corrected chi connectivity index (χ1v) is 7.90. The van der Waals surface area contributed by atoms with Gasteiger partial charge in [-0.05, 0) is 26.0 Å². The van der Waals surface area contributed by atoms with Gasteiger partial charge in [-0.2, -0.15) is 8.78 Å². The van der Waals surface area contributed by atoms with Gasteiger partial charge in [-0.3, -0.25) is 9.36 Å². The van der Waals surface area contributed by atoms with Gasteiger partial charge in [0.05, 0.1) is 23.1 Å². The van der Waals surface area contributed by atoms with Crippen LogP contribution in [-0.2, 0) is 17.6 Å². The van der Waals surface area contributed by atoms with E-state index in [0.29, 0.717) is 22.5 Å². The molecule has 0 aliphatic heterocycles. The quantitative estimate of drug-likeness (QED) is 0.743. The number of hydrogen-bond donors (Lipinski definition) is 1. The van der Waals surface area contributed by atoms with E-state index in [4.69, 9.17) is 4.52 Å². The maximum absolute atomic E-state index is 13.3. The van der Waals surface area contributed by atoms with E-state index in [2.05, 4.69) is 15.5 Å². The standard InChI is InChI=1S/C17H18F2N4O2/c1-10-12(11(2)25-22-10)9-16(24)20-8-7-15-21-13-5-3-4-6-14(13)23(15)17(18)19/h3-6,17H,7-9H2,1-2H3,(H,20,24). The Balaban J connectivity index is 1.65. The number of carbonyl (C=O) groups is 1. The van der Waals surface area contributed by atoms with Crippen molar-refractivity contribution in [1.29, 1.82) is 0 Å². The van der Waals surface area contributed by atoms with E-state index in [1.54, 1.807) is 38.1 Å². The number of amides is 1. The maximum Gasteiger partial charge on any atom is 0.320 e. The van der Waals surface area contributed by atoms with Crippen LogP contribution in [0.3, 0.4) is 0 Å². The molecule has 3 aromatic rings. The predicted molar refractivity (Wildman–Crippen MR) is 87.4 cm³/mol. The molecule has 132 valence electrons. The van der Waals surface area contributed by atoms with E-state index in [0.717, 1.165) is 10.1 Å². The van der Waals surface area contributed by atoms with Gasteiger partial charge in [-0.25, -0.2) is 4.98 Å². The van der Waals surface area contributed by atoms with Crippen LogP contribution in [-0.4, -0.2) is 27.2 Å². The summed E-state index contributed by atoms with van der Waals surface area (Å²) in [6, 6.07) is 6.74. The molecule has 3 rings (SSSR count). The number of rotatable bonds is 6. The number of aryl methyl sites for hydroxylation is 2. The van der Waals surface area contributed by atoms with E-state index in [1.165, 1.54) is 0 Å². The fourth-order valence-corrected chi connectivity index (χ4v) is 2.78. The molecule has 0 aliphatic rings. The molecule has 2 heterocycles. The number of nitrogens with zero attached hydrogens (tertiary/aromatic N) is 3. The van der Waals surface area contributed by atoms with Crippen molar-refractivity contribution in [3.05, 3.63) is 47.1 Å². The molecule has 0 spiro atoms. The monoisotopic (exact) mass is 348 g/mol. The summed E-state index contributed by atoms with van der Waals surface area (Å²) in [5, 5.41) is 6.53. The van der Waals surface area contributed by atoms with Crippen molar-refractivity contribution >= 4 is 16.9 Å². The second-order valence-corrected chi connectivity index (χ2v) is 5.74. The lowest BCUT2D eigenvalue weighted by molar-refractivity contribution is -0.120. The highest BCUT2D eigenvalue weighted by Crippen LogP contribution is 2.23. The van der Waals surface area contributed by atoms with Gasteiger partial charge in [0.1, 0.15) is 11.6 Å². The van der Waals surface area contributed by atoms with E-state index < -0.39 is 6.55 Å². The molecular formula is C17H18F2N4O2. The average Bonchev–Trinajstić information content (AvgIpc) is 3.09. The van der Waals surface area contributed by atoms with Crippen LogP contribution in [0.25, 0.3) is 11.0 Å². The normalized spacial score (nSPS) is 11.4. The molecule has 0 bridgehead atoms. The largest absolute Gasteiger partial charge is 0.361 e. The van der Waals surface area contributed by atoms with Crippen molar-refractivity contribution in [2.24, 2.45) is 0 Å². The van der Waals surface area contributed by atoms with Crippen molar-refractivity contribution in [3.8, 4) is 0 Å². The average molecular weight is 348 g/mol. The Hall–Kier alpha value is -2.77. The Bertz CT molecular complexity index is 882. The summed E-state index contributed by atoms with van der Waals surface area (Å²) in [5.74, 6) is 0.634. The van der Waals surface area contributed by atoms with Crippen LogP contribution in [0, 0.1) is 13.8 Å². The van der Waals surface area contributed by atoms with Crippen molar-refractivity contribution in [1.82, 2.24) is 20.0 Å². The Morgan fingerprint density at radius 1 is 1.32 bits per heavy atom. The number of benzene rings is 1. The lowest BCUT2D eigenvalue weighted by atomic mass is 10.1. The molecule has 0 fully saturated rings. The fourth-order valence-electron chi connectivity index (χ4n) is 2.78. The van der Waals surface area contributed by atoms with Crippen molar-refractivity contribution in [2.45, 2.75) is 33.2 Å². The molecule has 0 saturated carbocycles. The van der Waals surface area contributed by atoms with Crippen molar-refractivity contribution in [3.63, 3.8) is 0 Å². The molecule has 8 heteroatoms. The van der Waals surface area contributed by atoms with Gasteiger partial charge >= 0.3 is 6.55 Å². The van der Waals surface area contributed by atoms with Crippen molar-refractivity contribution in [2.75, 3.05) is 6.54 Å². The first-order chi connectivity index (χ1) is 12.0. The van der Waals surface area contributed by atoms with Crippen molar-refractivity contribution < 1.29 is 18.1 Å². The third-order valence-corrected chi connectivity index (χ3v) is 4.05. The third-order valence-electron chi connectivity index (χ3n) is 4.05. The van der Waals surface area contributed by atoms with E-state index in [9.17, 15) is 13.6 Å². The first-order valence-electron chi connectivity index (χ1n) is 7.90. The van der Waals surface area contributed by atoms with Gasteiger partial charge in [0.2, 0.25) is 5.91 Å². The minimum absolute atomic E-state index is 0.145. The van der Waals surface area contributed by atoms with Crippen LogP contribution in [0.4, 0.5) is 8.78 Å². The third kappa shape index (κ3) is 3.52. The SMILES string of the molecule is Cc1noc(C)c1CC(=O)NCCc1nc2ccccc2n1C(F)F. The van der Waals surface area contributed by atoms with Crippen LogP contribution < -0.4 is 5.32 Å². The van der Waals surface area contributed by atoms with Gasteiger partial charge in [-0.1, -0.05) is 17.3 Å². The zero-order chi connectivity index (χ0) is 18.0. The summed E-state index contributed by atoms with van der Waals surface area (Å²) in [4.78, 5) is 16.3. The fraction of sp³-hybridized carbons (Fsp3) is 0.353. The predicted octanol–water partition coefficient (Wildman–Crippen LogP) is 2.94. The first kappa shape index (κ1) is 17.1. The van der Waals surface area contributed by atoms with Gasteiger partial charge in [0.25, 0.3) is 0 Å². The van der Waals surface area contributed by atoms with Gasteiger partial charge in [0, 0.05) is 18.5 Å². The Labute approximate surface area is 142 Å². The minimum Gasteiger partial charge on any atom is -0.361 e. The topological polar surface area (TPSA) is 73.0 Å². The number of hydrogen-bond acceptors (Lipinski definition) is 4. The summed E-state index contributed by atoms with van der Waals surface area (Å²) in [6.45, 7) is 1.05. The molecule has 0 unspecified atom stereocenters. The van der Waals surface area contributed by atoms with Crippen LogP contribution in [0.15, 0.2) is 28.8 Å². The number of nitrogens with one attached hydrogen (secondary N) is 1. The second kappa shape index (κ2) is 7.00. The number of aromatic nitrogens is 3. The summed E-state index contributed by atoms with van der Waals surface area (Å²) in [7, 11) is 0. The Morgan fingerprint density at radius 2 is 2.08 bits per heavy atom. The van der Waals surface area contributed by atoms with E-state index in [1.807, 2.05) is 0 Å². The molecule has 1 aromatic carbocycles. The molecule has 0 radical (unpaired) electrons. The molecular weight excluding hydrogens is 330 g/mol. The summed E-state index contributed by atoms with van der Waals surface area (Å²) in [6.07, 6.45) is 0.360. The number of para-hydroxylation sites is 2. The molecule has 0 aliphatic carbocycles. The van der Waals surface area contributed by atoms with Crippen LogP contribution in [0.2, 0.25) is 0 Å². The number of alkyl halides is 2. The molecule has 2 aromatic heterocycles. The highest BCUT2D eigenvalue weighted by atomic mass is 19.3. The molecule has 25 heavy (non-hydrogen) atoms. The van der Waals surface area contributed by atoms with Crippen LogP contribution in [0.1, 0.15) is 29.4 Å². The smallest absolute Gasteiger partial charge is 0.320 e. The number of halogens is 2. The van der Waals surface area contributed by atoms with Crippen LogP contribution >= 0.6 is 0 Å². The van der Waals surface area contributed by atoms with Gasteiger partial charge in [0.15, 0.2) is 0 Å². The molecule has 0 atom stereocenters. The zero-order valence-corrected chi connectivity index (χ0v) is 13.9. The Morgan fingerprint density at radius 3 is 2.76 bits per heavy atom. The molecule has 1 amide bonds. The zero-order valence-electron chi connectivity index (χ0n) is 13.9. The molecule has 0 saturated heterocycles. The highest BCUT2D eigenvalue weighted by Gasteiger charge is 2.18. The van der Waals surface area contributed by atoms with Crippen LogP contribution in [0.5, 0.6) is 0 Å². The molecule has 1 N–H and O–H groups in total. The lowest BCUT2D eigenvalue weighted by Crippen LogP contribution is -2.28. The molecule has 6 nitrogen and oxygen atoms in total. The Kier molecular flexibility index (Phi) is 4.78. The van der Waals surface area contributed by atoms with E-state index >= 15 is 0 Å². The summed E-state index contributed by atoms with van der Waals surface area (Å²) >= 11 is 0. The minimum atomic E-state index is -2.68. The lowest BCUT2D eigenvalue weighted by Gasteiger charge is -2.08. The number of carbonyl (C=O) groups excluding carboxylic acids is 1. The van der Waals surface area contributed by atoms with E-state index in [-0.39, 0.29) is 31.1 Å². The van der Waals surface area contributed by atoms with Gasteiger partial charge < -0.3 is 9.84 Å². The summed E-state index contributed by atoms with van der Waals surface area (Å²) in [5.41, 5.74) is 2.32. The summed E-state index contributed by atoms with van der Waals surface area (Å²) < 4.78 is 32.6. The maximum atomic E-state index is 13.3. The number of fused-ring (bicyclic) bond motifs is 1. The second-order valence-electron chi connectivity index (χ2n) is 5.74. The highest BCUT2D eigenvalue weighted by molar-refractivity contribution is 5.79.